The van der Waals surface area contributed by atoms with E-state index < -0.39 is 18.1 Å². The van der Waals surface area contributed by atoms with Crippen molar-refractivity contribution in [2.45, 2.75) is 39.3 Å². The Labute approximate surface area is 120 Å². The Morgan fingerprint density at radius 3 is 2.75 bits per heavy atom. The molecule has 108 valence electrons. The first-order chi connectivity index (χ1) is 9.42. The van der Waals surface area contributed by atoms with Gasteiger partial charge in [-0.25, -0.2) is 14.8 Å². The number of thiophene rings is 1. The van der Waals surface area contributed by atoms with Gasteiger partial charge >= 0.3 is 5.97 Å². The molecule has 0 aliphatic heterocycles. The molecule has 0 aromatic carbocycles. The number of nitrogens with zero attached hydrogens (tertiary/aromatic N) is 2. The summed E-state index contributed by atoms with van der Waals surface area (Å²) in [5.41, 5.74) is 0. The van der Waals surface area contributed by atoms with Gasteiger partial charge < -0.3 is 15.5 Å². The van der Waals surface area contributed by atoms with E-state index in [1.807, 2.05) is 13.0 Å². The van der Waals surface area contributed by atoms with Gasteiger partial charge in [0.1, 0.15) is 16.5 Å². The zero-order valence-corrected chi connectivity index (χ0v) is 12.4. The number of aliphatic hydroxyl groups excluding tert-OH is 1. The van der Waals surface area contributed by atoms with Gasteiger partial charge in [0, 0.05) is 4.88 Å². The Kier molecular flexibility index (Phi) is 4.20. The standard InChI is InChI=1S/C13H17N3O3S/c1-4-8-5-9-11(14-7(3)15-12(9)20-8)16-10(6(2)17)13(18)19/h5-6,10,17H,4H2,1-3H3,(H,18,19)(H,14,15,16)/t6-,10+/m1/s1. The molecule has 0 saturated heterocycles. The second-order valence-corrected chi connectivity index (χ2v) is 5.72. The number of nitrogens with one attached hydrogen (secondary N) is 1. The Morgan fingerprint density at radius 1 is 1.50 bits per heavy atom. The third-order valence-corrected chi connectivity index (χ3v) is 4.12. The summed E-state index contributed by atoms with van der Waals surface area (Å²) in [6, 6.07) is 0.861. The molecule has 7 heteroatoms. The van der Waals surface area contributed by atoms with Crippen LogP contribution in [-0.2, 0) is 11.2 Å². The summed E-state index contributed by atoms with van der Waals surface area (Å²) in [6.45, 7) is 5.24. The molecule has 3 N–H and O–H groups in total. The predicted octanol–water partition coefficient (Wildman–Crippen LogP) is 1.81. The maximum absolute atomic E-state index is 11.2. The summed E-state index contributed by atoms with van der Waals surface area (Å²) in [6.07, 6.45) is -0.139. The maximum Gasteiger partial charge on any atom is 0.328 e. The van der Waals surface area contributed by atoms with Crippen molar-refractivity contribution in [2.24, 2.45) is 0 Å². The van der Waals surface area contributed by atoms with Gasteiger partial charge in [-0.05, 0) is 26.3 Å². The second-order valence-electron chi connectivity index (χ2n) is 4.61. The van der Waals surface area contributed by atoms with Crippen molar-refractivity contribution < 1.29 is 15.0 Å². The van der Waals surface area contributed by atoms with Crippen molar-refractivity contribution in [3.63, 3.8) is 0 Å². The molecule has 0 aliphatic rings. The fourth-order valence-corrected chi connectivity index (χ4v) is 2.91. The van der Waals surface area contributed by atoms with Crippen LogP contribution in [0.4, 0.5) is 5.82 Å². The normalized spacial score (nSPS) is 14.2. The van der Waals surface area contributed by atoms with Crippen LogP contribution in [-0.4, -0.2) is 38.3 Å². The van der Waals surface area contributed by atoms with Crippen LogP contribution in [0.5, 0.6) is 0 Å². The fourth-order valence-electron chi connectivity index (χ4n) is 1.90. The first-order valence-corrected chi connectivity index (χ1v) is 7.18. The van der Waals surface area contributed by atoms with E-state index in [9.17, 15) is 9.90 Å². The number of hydrogen-bond acceptors (Lipinski definition) is 6. The van der Waals surface area contributed by atoms with Crippen LogP contribution >= 0.6 is 11.3 Å². The largest absolute Gasteiger partial charge is 0.480 e. The molecule has 2 rings (SSSR count). The predicted molar refractivity (Wildman–Crippen MR) is 78.3 cm³/mol. The third-order valence-electron chi connectivity index (χ3n) is 2.94. The Morgan fingerprint density at radius 2 is 2.20 bits per heavy atom. The first kappa shape index (κ1) is 14.7. The minimum absolute atomic E-state index is 0.455. The van der Waals surface area contributed by atoms with Gasteiger partial charge in [-0.3, -0.25) is 0 Å². The summed E-state index contributed by atoms with van der Waals surface area (Å²) >= 11 is 1.57. The summed E-state index contributed by atoms with van der Waals surface area (Å²) in [4.78, 5) is 21.8. The van der Waals surface area contributed by atoms with E-state index in [1.165, 1.54) is 6.92 Å². The van der Waals surface area contributed by atoms with Crippen molar-refractivity contribution >= 4 is 33.3 Å². The molecule has 0 spiro atoms. The van der Waals surface area contributed by atoms with Crippen LogP contribution in [0.1, 0.15) is 24.5 Å². The molecule has 2 aromatic heterocycles. The van der Waals surface area contributed by atoms with Gasteiger partial charge in [0.25, 0.3) is 0 Å². The smallest absolute Gasteiger partial charge is 0.328 e. The monoisotopic (exact) mass is 295 g/mol. The summed E-state index contributed by atoms with van der Waals surface area (Å²) in [5, 5.41) is 22.3. The molecule has 20 heavy (non-hydrogen) atoms. The van der Waals surface area contributed by atoms with Crippen LogP contribution in [0, 0.1) is 6.92 Å². The molecule has 2 aromatic rings. The van der Waals surface area contributed by atoms with Crippen molar-refractivity contribution in [1.82, 2.24) is 9.97 Å². The molecule has 2 heterocycles. The minimum atomic E-state index is -1.12. The number of aliphatic carboxylic acids is 1. The molecular formula is C13H17N3O3S. The van der Waals surface area contributed by atoms with Crippen LogP contribution in [0.25, 0.3) is 10.2 Å². The number of carboxylic acids is 1. The highest BCUT2D eigenvalue weighted by atomic mass is 32.1. The maximum atomic E-state index is 11.2. The molecule has 0 radical (unpaired) electrons. The van der Waals surface area contributed by atoms with Crippen molar-refractivity contribution in [3.05, 3.63) is 16.8 Å². The van der Waals surface area contributed by atoms with Gasteiger partial charge in [-0.2, -0.15) is 0 Å². The molecule has 0 bridgehead atoms. The number of aliphatic hydroxyl groups is 1. The number of carboxylic acid groups (broad SMARTS) is 1. The highest BCUT2D eigenvalue weighted by molar-refractivity contribution is 7.18. The van der Waals surface area contributed by atoms with Crippen LogP contribution in [0.2, 0.25) is 0 Å². The number of aryl methyl sites for hydroxylation is 2. The summed E-state index contributed by atoms with van der Waals surface area (Å²) < 4.78 is 0. The van der Waals surface area contributed by atoms with Crippen molar-refractivity contribution in [1.29, 1.82) is 0 Å². The minimum Gasteiger partial charge on any atom is -0.480 e. The summed E-state index contributed by atoms with van der Waals surface area (Å²) in [5.74, 6) is -0.0913. The number of rotatable bonds is 5. The highest BCUT2D eigenvalue weighted by Gasteiger charge is 2.24. The topological polar surface area (TPSA) is 95.3 Å². The highest BCUT2D eigenvalue weighted by Crippen LogP contribution is 2.29. The number of anilines is 1. The third kappa shape index (κ3) is 2.88. The zero-order chi connectivity index (χ0) is 14.9. The fraction of sp³-hybridized carbons (Fsp3) is 0.462. The SMILES string of the molecule is CCc1cc2c(N[C@H](C(=O)O)[C@@H](C)O)nc(C)nc2s1. The molecule has 2 atom stereocenters. The molecule has 0 fully saturated rings. The molecule has 6 nitrogen and oxygen atoms in total. The molecule has 0 saturated carbocycles. The van der Waals surface area contributed by atoms with E-state index in [0.717, 1.165) is 21.5 Å². The second kappa shape index (κ2) is 5.72. The van der Waals surface area contributed by atoms with Gasteiger partial charge in [0.05, 0.1) is 11.5 Å². The number of fused-ring (bicyclic) bond motifs is 1. The lowest BCUT2D eigenvalue weighted by Crippen LogP contribution is -2.39. The lowest BCUT2D eigenvalue weighted by Gasteiger charge is -2.18. The molecule has 0 aliphatic carbocycles. The number of carbonyl (C=O) groups is 1. The Bertz CT molecular complexity index is 639. The quantitative estimate of drug-likeness (QED) is 0.778. The lowest BCUT2D eigenvalue weighted by molar-refractivity contribution is -0.140. The Hall–Kier alpha value is -1.73. The summed E-state index contributed by atoms with van der Waals surface area (Å²) in [7, 11) is 0. The Balaban J connectivity index is 2.47. The van der Waals surface area contributed by atoms with Crippen LogP contribution in [0.3, 0.4) is 0 Å². The average Bonchev–Trinajstić information content (AvgIpc) is 2.77. The molecular weight excluding hydrogens is 278 g/mol. The van der Waals surface area contributed by atoms with E-state index in [4.69, 9.17) is 5.11 Å². The van der Waals surface area contributed by atoms with Crippen LogP contribution < -0.4 is 5.32 Å². The van der Waals surface area contributed by atoms with E-state index >= 15 is 0 Å². The van der Waals surface area contributed by atoms with E-state index in [0.29, 0.717) is 11.6 Å². The van der Waals surface area contributed by atoms with Crippen LogP contribution in [0.15, 0.2) is 6.07 Å². The van der Waals surface area contributed by atoms with Gasteiger partial charge in [0.2, 0.25) is 0 Å². The van der Waals surface area contributed by atoms with Gasteiger partial charge in [-0.1, -0.05) is 6.92 Å². The van der Waals surface area contributed by atoms with Gasteiger partial charge in [0.15, 0.2) is 6.04 Å². The van der Waals surface area contributed by atoms with E-state index in [1.54, 1.807) is 18.3 Å². The van der Waals surface area contributed by atoms with Crippen molar-refractivity contribution in [2.75, 3.05) is 5.32 Å². The average molecular weight is 295 g/mol. The first-order valence-electron chi connectivity index (χ1n) is 6.36. The van der Waals surface area contributed by atoms with Gasteiger partial charge in [-0.15, -0.1) is 11.3 Å². The lowest BCUT2D eigenvalue weighted by atomic mass is 10.2. The van der Waals surface area contributed by atoms with Crippen molar-refractivity contribution in [3.8, 4) is 0 Å². The zero-order valence-electron chi connectivity index (χ0n) is 11.5. The van der Waals surface area contributed by atoms with E-state index in [2.05, 4.69) is 15.3 Å². The number of hydrogen-bond donors (Lipinski definition) is 3. The number of aromatic nitrogens is 2. The molecule has 0 amide bonds. The van der Waals surface area contributed by atoms with E-state index in [-0.39, 0.29) is 0 Å². The molecule has 0 unspecified atom stereocenters.